The lowest BCUT2D eigenvalue weighted by molar-refractivity contribution is 0.575. The number of unbranched alkanes of at least 4 members (excludes halogenated alkanes) is 1. The van der Waals surface area contributed by atoms with E-state index >= 15 is 0 Å². The van der Waals surface area contributed by atoms with Crippen LogP contribution in [-0.4, -0.2) is 31.3 Å². The van der Waals surface area contributed by atoms with Crippen molar-refractivity contribution in [3.63, 3.8) is 0 Å². The van der Waals surface area contributed by atoms with Gasteiger partial charge in [-0.1, -0.05) is 0 Å². The molecule has 0 fully saturated rings. The number of rotatable bonds is 6. The third-order valence-corrected chi connectivity index (χ3v) is 4.35. The Kier molecular flexibility index (Phi) is 4.67. The molecule has 3 N–H and O–H groups in total. The quantitative estimate of drug-likeness (QED) is 0.707. The second-order valence-corrected chi connectivity index (χ2v) is 5.72. The third kappa shape index (κ3) is 3.27. The molecule has 1 aromatic heterocycles. The molecule has 17 heavy (non-hydrogen) atoms. The van der Waals surface area contributed by atoms with Crippen LogP contribution in [0.25, 0.3) is 0 Å². The average molecular weight is 260 g/mol. The van der Waals surface area contributed by atoms with Gasteiger partial charge in [-0.15, -0.1) is 0 Å². The number of sulfonamides is 1. The molecule has 0 spiro atoms. The zero-order valence-corrected chi connectivity index (χ0v) is 11.3. The van der Waals surface area contributed by atoms with Gasteiger partial charge in [-0.05, 0) is 33.2 Å². The molecule has 0 radical (unpaired) electrons. The number of aromatic nitrogens is 2. The molecule has 0 saturated heterocycles. The summed E-state index contributed by atoms with van der Waals surface area (Å²) < 4.78 is 28.3. The maximum atomic E-state index is 12.1. The van der Waals surface area contributed by atoms with Gasteiger partial charge in [-0.2, -0.15) is 5.10 Å². The van der Waals surface area contributed by atoms with Crippen LogP contribution < -0.4 is 10.5 Å². The maximum Gasteiger partial charge on any atom is 0.244 e. The fourth-order valence-corrected chi connectivity index (χ4v) is 3.20. The van der Waals surface area contributed by atoms with Crippen molar-refractivity contribution in [2.24, 2.45) is 12.8 Å². The lowest BCUT2D eigenvalue weighted by atomic mass is 10.3. The van der Waals surface area contributed by atoms with Gasteiger partial charge in [0, 0.05) is 13.6 Å². The number of aryl methyl sites for hydroxylation is 2. The molecule has 0 aromatic carbocycles. The first-order chi connectivity index (χ1) is 7.90. The van der Waals surface area contributed by atoms with Gasteiger partial charge < -0.3 is 5.73 Å². The molecule has 0 aliphatic rings. The Labute approximate surface area is 102 Å². The predicted molar refractivity (Wildman–Crippen MR) is 66.2 cm³/mol. The van der Waals surface area contributed by atoms with E-state index in [1.807, 2.05) is 0 Å². The fraction of sp³-hybridized carbons (Fsp3) is 0.700. The first-order valence-electron chi connectivity index (χ1n) is 5.60. The molecule has 7 heteroatoms. The molecule has 0 unspecified atom stereocenters. The van der Waals surface area contributed by atoms with Crippen molar-refractivity contribution < 1.29 is 8.42 Å². The fourth-order valence-electron chi connectivity index (χ4n) is 1.69. The van der Waals surface area contributed by atoms with Crippen LogP contribution in [0.5, 0.6) is 0 Å². The van der Waals surface area contributed by atoms with Gasteiger partial charge in [0.05, 0.1) is 11.4 Å². The summed E-state index contributed by atoms with van der Waals surface area (Å²) in [6.07, 6.45) is 1.56. The normalized spacial score (nSPS) is 12.0. The van der Waals surface area contributed by atoms with Gasteiger partial charge in [-0.25, -0.2) is 13.1 Å². The van der Waals surface area contributed by atoms with E-state index in [1.165, 1.54) is 0 Å². The van der Waals surface area contributed by atoms with Crippen LogP contribution in [0.2, 0.25) is 0 Å². The second kappa shape index (κ2) is 5.61. The van der Waals surface area contributed by atoms with Crippen LogP contribution in [0, 0.1) is 13.8 Å². The summed E-state index contributed by atoms with van der Waals surface area (Å²) in [5.41, 5.74) is 6.52. The minimum atomic E-state index is -3.46. The van der Waals surface area contributed by atoms with Gasteiger partial charge in [0.15, 0.2) is 0 Å². The predicted octanol–water partition coefficient (Wildman–Crippen LogP) is 0.0541. The Morgan fingerprint density at radius 1 is 1.35 bits per heavy atom. The Bertz CT molecular complexity index is 479. The molecule has 0 saturated carbocycles. The molecule has 1 rings (SSSR count). The number of nitrogens with one attached hydrogen (secondary N) is 1. The summed E-state index contributed by atoms with van der Waals surface area (Å²) in [5.74, 6) is 0. The summed E-state index contributed by atoms with van der Waals surface area (Å²) in [7, 11) is -1.72. The molecular weight excluding hydrogens is 240 g/mol. The molecule has 0 aliphatic heterocycles. The van der Waals surface area contributed by atoms with Gasteiger partial charge in [0.2, 0.25) is 10.0 Å². The van der Waals surface area contributed by atoms with Crippen molar-refractivity contribution in [2.75, 3.05) is 13.1 Å². The summed E-state index contributed by atoms with van der Waals surface area (Å²) in [4.78, 5) is 0.285. The average Bonchev–Trinajstić information content (AvgIpc) is 2.48. The van der Waals surface area contributed by atoms with Crippen molar-refractivity contribution in [3.05, 3.63) is 11.4 Å². The first-order valence-corrected chi connectivity index (χ1v) is 7.08. The van der Waals surface area contributed by atoms with E-state index in [9.17, 15) is 8.42 Å². The molecule has 0 bridgehead atoms. The van der Waals surface area contributed by atoms with Crippen molar-refractivity contribution >= 4 is 10.0 Å². The smallest absolute Gasteiger partial charge is 0.244 e. The van der Waals surface area contributed by atoms with Gasteiger partial charge in [0.25, 0.3) is 0 Å². The number of nitrogens with zero attached hydrogens (tertiary/aromatic N) is 2. The van der Waals surface area contributed by atoms with Crippen LogP contribution in [0.3, 0.4) is 0 Å². The molecule has 0 atom stereocenters. The molecule has 98 valence electrons. The van der Waals surface area contributed by atoms with Crippen LogP contribution in [-0.2, 0) is 17.1 Å². The van der Waals surface area contributed by atoms with Gasteiger partial charge >= 0.3 is 0 Å². The van der Waals surface area contributed by atoms with Crippen molar-refractivity contribution in [1.82, 2.24) is 14.5 Å². The molecule has 0 aliphatic carbocycles. The highest BCUT2D eigenvalue weighted by Crippen LogP contribution is 2.17. The maximum absolute atomic E-state index is 12.1. The van der Waals surface area contributed by atoms with E-state index in [1.54, 1.807) is 25.6 Å². The monoisotopic (exact) mass is 260 g/mol. The lowest BCUT2D eigenvalue weighted by Gasteiger charge is -2.06. The highest BCUT2D eigenvalue weighted by atomic mass is 32.2. The molecule has 1 heterocycles. The minimum Gasteiger partial charge on any atom is -0.330 e. The first kappa shape index (κ1) is 14.1. The van der Waals surface area contributed by atoms with E-state index in [0.29, 0.717) is 24.5 Å². The minimum absolute atomic E-state index is 0.285. The Morgan fingerprint density at radius 2 is 2.00 bits per heavy atom. The summed E-state index contributed by atoms with van der Waals surface area (Å²) in [6, 6.07) is 0. The van der Waals surface area contributed by atoms with Crippen LogP contribution >= 0.6 is 0 Å². The number of hydrogen-bond donors (Lipinski definition) is 2. The largest absolute Gasteiger partial charge is 0.330 e. The lowest BCUT2D eigenvalue weighted by Crippen LogP contribution is -2.26. The molecule has 6 nitrogen and oxygen atoms in total. The summed E-state index contributed by atoms with van der Waals surface area (Å²) in [6.45, 7) is 4.43. The molecule has 0 amide bonds. The van der Waals surface area contributed by atoms with Crippen LogP contribution in [0.1, 0.15) is 24.2 Å². The summed E-state index contributed by atoms with van der Waals surface area (Å²) in [5, 5.41) is 4.10. The van der Waals surface area contributed by atoms with Crippen molar-refractivity contribution in [1.29, 1.82) is 0 Å². The van der Waals surface area contributed by atoms with E-state index in [4.69, 9.17) is 5.73 Å². The Hall–Kier alpha value is -0.920. The van der Waals surface area contributed by atoms with Crippen molar-refractivity contribution in [3.8, 4) is 0 Å². The summed E-state index contributed by atoms with van der Waals surface area (Å²) >= 11 is 0. The zero-order valence-electron chi connectivity index (χ0n) is 10.5. The Balaban J connectivity index is 2.83. The zero-order chi connectivity index (χ0) is 13.1. The van der Waals surface area contributed by atoms with E-state index in [-0.39, 0.29) is 4.90 Å². The van der Waals surface area contributed by atoms with Gasteiger partial charge in [-0.3, -0.25) is 4.68 Å². The highest BCUT2D eigenvalue weighted by Gasteiger charge is 2.22. The van der Waals surface area contributed by atoms with Crippen molar-refractivity contribution in [2.45, 2.75) is 31.6 Å². The van der Waals surface area contributed by atoms with E-state index in [2.05, 4.69) is 9.82 Å². The number of nitrogens with two attached hydrogens (primary N) is 1. The van der Waals surface area contributed by atoms with Gasteiger partial charge in [0.1, 0.15) is 4.90 Å². The molecular formula is C10H20N4O2S. The number of hydrogen-bond acceptors (Lipinski definition) is 4. The van der Waals surface area contributed by atoms with E-state index < -0.39 is 10.0 Å². The topological polar surface area (TPSA) is 90.0 Å². The van der Waals surface area contributed by atoms with Crippen LogP contribution in [0.4, 0.5) is 0 Å². The second-order valence-electron chi connectivity index (χ2n) is 4.02. The van der Waals surface area contributed by atoms with Crippen LogP contribution in [0.15, 0.2) is 4.90 Å². The highest BCUT2D eigenvalue weighted by molar-refractivity contribution is 7.89. The Morgan fingerprint density at radius 3 is 2.47 bits per heavy atom. The van der Waals surface area contributed by atoms with E-state index in [0.717, 1.165) is 12.8 Å². The standard InChI is InChI=1S/C10H20N4O2S/c1-8-10(9(2)14(3)13-8)17(15,16)12-7-5-4-6-11/h12H,4-7,11H2,1-3H3. The SMILES string of the molecule is Cc1nn(C)c(C)c1S(=O)(=O)NCCCCN. The third-order valence-electron chi connectivity index (χ3n) is 2.63. The molecule has 1 aromatic rings.